The maximum Gasteiger partial charge on any atom is 0.332 e. The van der Waals surface area contributed by atoms with E-state index in [4.69, 9.17) is 14.2 Å². The molecule has 0 aliphatic carbocycles. The fourth-order valence-electron chi connectivity index (χ4n) is 0.733. The first-order chi connectivity index (χ1) is 7.20. The molecule has 0 spiro atoms. The fourth-order valence-corrected chi connectivity index (χ4v) is 0.733. The van der Waals surface area contributed by atoms with Crippen molar-refractivity contribution < 1.29 is 23.8 Å². The van der Waals surface area contributed by atoms with Crippen molar-refractivity contribution >= 4 is 11.9 Å². The first-order valence-corrected chi connectivity index (χ1v) is 5.09. The van der Waals surface area contributed by atoms with Gasteiger partial charge in [-0.2, -0.15) is 0 Å². The monoisotopic (exact) mass is 218 g/mol. The number of carbonyl (C=O) groups is 2. The van der Waals surface area contributed by atoms with Gasteiger partial charge >= 0.3 is 11.9 Å². The van der Waals surface area contributed by atoms with Gasteiger partial charge in [0.25, 0.3) is 0 Å². The molecule has 5 nitrogen and oxygen atoms in total. The zero-order chi connectivity index (χ0) is 11.5. The van der Waals surface area contributed by atoms with Crippen LogP contribution in [0.1, 0.15) is 26.7 Å². The summed E-state index contributed by atoms with van der Waals surface area (Å²) in [5, 5.41) is 0. The molecule has 0 aromatic carbocycles. The van der Waals surface area contributed by atoms with E-state index < -0.39 is 11.9 Å². The highest BCUT2D eigenvalue weighted by molar-refractivity contribution is 5.73. The van der Waals surface area contributed by atoms with Crippen LogP contribution in [0.3, 0.4) is 0 Å². The third-order valence-corrected chi connectivity index (χ3v) is 1.37. The Hall–Kier alpha value is -1.10. The number of carbonyl (C=O) groups excluding carboxylic acids is 2. The van der Waals surface area contributed by atoms with Gasteiger partial charge in [0, 0.05) is 0 Å². The van der Waals surface area contributed by atoms with Crippen molar-refractivity contribution in [1.29, 1.82) is 0 Å². The first-order valence-electron chi connectivity index (χ1n) is 5.09. The Kier molecular flexibility index (Phi) is 8.76. The second kappa shape index (κ2) is 9.45. The van der Waals surface area contributed by atoms with Crippen molar-refractivity contribution in [3.63, 3.8) is 0 Å². The minimum absolute atomic E-state index is 0.207. The molecule has 0 N–H and O–H groups in total. The lowest BCUT2D eigenvalue weighted by molar-refractivity contribution is -0.155. The average molecular weight is 218 g/mol. The topological polar surface area (TPSA) is 61.8 Å². The van der Waals surface area contributed by atoms with E-state index in [0.717, 1.165) is 12.8 Å². The van der Waals surface area contributed by atoms with E-state index in [1.807, 2.05) is 13.8 Å². The Labute approximate surface area is 89.7 Å². The Morgan fingerprint density at radius 3 is 1.60 bits per heavy atom. The second-order valence-corrected chi connectivity index (χ2v) is 2.93. The molecule has 0 amide bonds. The Balaban J connectivity index is 3.36. The van der Waals surface area contributed by atoms with E-state index in [0.29, 0.717) is 13.2 Å². The molecule has 88 valence electrons. The van der Waals surface area contributed by atoms with Crippen LogP contribution in [0.25, 0.3) is 0 Å². The predicted octanol–water partition coefficient (Wildman–Crippen LogP) is 0.909. The summed E-state index contributed by atoms with van der Waals surface area (Å²) in [6.45, 7) is 4.14. The van der Waals surface area contributed by atoms with E-state index in [1.165, 1.54) is 0 Å². The molecule has 0 bridgehead atoms. The lowest BCUT2D eigenvalue weighted by Crippen LogP contribution is -2.19. The SMILES string of the molecule is CCCOC(=O)COCC(=O)OCCC. The average Bonchev–Trinajstić information content (AvgIpc) is 2.23. The summed E-state index contributed by atoms with van der Waals surface area (Å²) >= 11 is 0. The van der Waals surface area contributed by atoms with Crippen molar-refractivity contribution in [1.82, 2.24) is 0 Å². The Morgan fingerprint density at radius 2 is 1.27 bits per heavy atom. The third kappa shape index (κ3) is 9.21. The summed E-state index contributed by atoms with van der Waals surface area (Å²) in [7, 11) is 0. The number of rotatable bonds is 8. The predicted molar refractivity (Wildman–Crippen MR) is 53.3 cm³/mol. The van der Waals surface area contributed by atoms with Crippen LogP contribution in [0, 0.1) is 0 Å². The summed E-state index contributed by atoms with van der Waals surface area (Å²) in [5.74, 6) is -0.916. The standard InChI is InChI=1S/C10H18O5/c1-3-5-14-9(11)7-13-8-10(12)15-6-4-2/h3-8H2,1-2H3. The van der Waals surface area contributed by atoms with Gasteiger partial charge in [0.1, 0.15) is 13.2 Å². The van der Waals surface area contributed by atoms with Crippen LogP contribution in [0.15, 0.2) is 0 Å². The molecule has 0 heterocycles. The molecule has 0 aliphatic heterocycles. The zero-order valence-corrected chi connectivity index (χ0v) is 9.28. The van der Waals surface area contributed by atoms with Gasteiger partial charge in [-0.3, -0.25) is 0 Å². The molecular formula is C10H18O5. The number of ether oxygens (including phenoxy) is 3. The molecule has 0 saturated carbocycles. The largest absolute Gasteiger partial charge is 0.464 e. The molecule has 0 aliphatic rings. The summed E-state index contributed by atoms with van der Waals surface area (Å²) in [6.07, 6.45) is 1.54. The molecule has 0 unspecified atom stereocenters. The number of hydrogen-bond donors (Lipinski definition) is 0. The summed E-state index contributed by atoms with van der Waals surface area (Å²) in [6, 6.07) is 0. The highest BCUT2D eigenvalue weighted by Gasteiger charge is 2.06. The Bertz CT molecular complexity index is 170. The van der Waals surface area contributed by atoms with Crippen LogP contribution < -0.4 is 0 Å². The van der Waals surface area contributed by atoms with Gasteiger partial charge in [-0.1, -0.05) is 13.8 Å². The zero-order valence-electron chi connectivity index (χ0n) is 9.28. The van der Waals surface area contributed by atoms with Gasteiger partial charge in [0.2, 0.25) is 0 Å². The van der Waals surface area contributed by atoms with E-state index in [9.17, 15) is 9.59 Å². The lowest BCUT2D eigenvalue weighted by atomic mass is 10.5. The quantitative estimate of drug-likeness (QED) is 0.567. The Morgan fingerprint density at radius 1 is 0.867 bits per heavy atom. The maximum atomic E-state index is 10.9. The van der Waals surface area contributed by atoms with Crippen LogP contribution in [-0.4, -0.2) is 38.4 Å². The molecular weight excluding hydrogens is 200 g/mol. The molecule has 15 heavy (non-hydrogen) atoms. The lowest BCUT2D eigenvalue weighted by Gasteiger charge is -2.04. The van der Waals surface area contributed by atoms with Crippen LogP contribution in [0.5, 0.6) is 0 Å². The molecule has 5 heteroatoms. The van der Waals surface area contributed by atoms with Gasteiger partial charge in [0.15, 0.2) is 0 Å². The van der Waals surface area contributed by atoms with Crippen LogP contribution >= 0.6 is 0 Å². The van der Waals surface area contributed by atoms with E-state index in [-0.39, 0.29) is 13.2 Å². The van der Waals surface area contributed by atoms with Gasteiger partial charge in [-0.15, -0.1) is 0 Å². The highest BCUT2D eigenvalue weighted by Crippen LogP contribution is 1.87. The number of hydrogen-bond acceptors (Lipinski definition) is 5. The van der Waals surface area contributed by atoms with Crippen molar-refractivity contribution in [3.05, 3.63) is 0 Å². The van der Waals surface area contributed by atoms with E-state index >= 15 is 0 Å². The molecule has 0 aromatic heterocycles. The molecule has 0 rings (SSSR count). The molecule has 0 atom stereocenters. The first kappa shape index (κ1) is 13.9. The van der Waals surface area contributed by atoms with Gasteiger partial charge in [-0.05, 0) is 12.8 Å². The smallest absolute Gasteiger partial charge is 0.332 e. The van der Waals surface area contributed by atoms with Crippen LogP contribution in [0.2, 0.25) is 0 Å². The second-order valence-electron chi connectivity index (χ2n) is 2.93. The minimum Gasteiger partial charge on any atom is -0.464 e. The van der Waals surface area contributed by atoms with Crippen LogP contribution in [-0.2, 0) is 23.8 Å². The minimum atomic E-state index is -0.458. The van der Waals surface area contributed by atoms with Gasteiger partial charge in [-0.25, -0.2) is 9.59 Å². The summed E-state index contributed by atoms with van der Waals surface area (Å²) in [5.41, 5.74) is 0. The maximum absolute atomic E-state index is 10.9. The van der Waals surface area contributed by atoms with E-state index in [2.05, 4.69) is 0 Å². The van der Waals surface area contributed by atoms with Gasteiger partial charge in [0.05, 0.1) is 13.2 Å². The third-order valence-electron chi connectivity index (χ3n) is 1.37. The van der Waals surface area contributed by atoms with Crippen molar-refractivity contribution in [3.8, 4) is 0 Å². The van der Waals surface area contributed by atoms with Crippen molar-refractivity contribution in [2.24, 2.45) is 0 Å². The van der Waals surface area contributed by atoms with Crippen LogP contribution in [0.4, 0.5) is 0 Å². The van der Waals surface area contributed by atoms with E-state index in [1.54, 1.807) is 0 Å². The fraction of sp³-hybridized carbons (Fsp3) is 0.800. The summed E-state index contributed by atoms with van der Waals surface area (Å²) < 4.78 is 14.3. The van der Waals surface area contributed by atoms with Crippen molar-refractivity contribution in [2.45, 2.75) is 26.7 Å². The molecule has 0 radical (unpaired) electrons. The van der Waals surface area contributed by atoms with Crippen molar-refractivity contribution in [2.75, 3.05) is 26.4 Å². The number of esters is 2. The highest BCUT2D eigenvalue weighted by atomic mass is 16.6. The molecule has 0 aromatic rings. The molecule has 0 saturated heterocycles. The molecule has 0 fully saturated rings. The van der Waals surface area contributed by atoms with Gasteiger partial charge < -0.3 is 14.2 Å². The normalized spacial score (nSPS) is 9.73. The summed E-state index contributed by atoms with van der Waals surface area (Å²) in [4.78, 5) is 21.8.